The highest BCUT2D eigenvalue weighted by Gasteiger charge is 2.25. The van der Waals surface area contributed by atoms with E-state index in [0.29, 0.717) is 37.6 Å². The van der Waals surface area contributed by atoms with Gasteiger partial charge in [0.25, 0.3) is 5.91 Å². The number of benzene rings is 1. The van der Waals surface area contributed by atoms with Crippen molar-refractivity contribution in [1.82, 2.24) is 10.2 Å². The second kappa shape index (κ2) is 9.51. The Kier molecular flexibility index (Phi) is 7.37. The van der Waals surface area contributed by atoms with Gasteiger partial charge in [0.2, 0.25) is 5.91 Å². The third-order valence-electron chi connectivity index (χ3n) is 4.24. The number of carbonyl (C=O) groups is 2. The van der Waals surface area contributed by atoms with Crippen molar-refractivity contribution < 1.29 is 19.4 Å². The van der Waals surface area contributed by atoms with E-state index in [1.54, 1.807) is 19.1 Å². The monoisotopic (exact) mass is 368 g/mol. The number of carbonyl (C=O) groups excluding carboxylic acids is 2. The van der Waals surface area contributed by atoms with Gasteiger partial charge in [0.05, 0.1) is 0 Å². The van der Waals surface area contributed by atoms with E-state index in [-0.39, 0.29) is 23.6 Å². The number of halogens is 1. The number of nitrogens with zero attached hydrogens (tertiary/aromatic N) is 1. The molecule has 1 aliphatic rings. The first-order valence-electron chi connectivity index (χ1n) is 8.59. The molecule has 1 fully saturated rings. The number of nitrogens with one attached hydrogen (secondary N) is 1. The molecule has 1 heterocycles. The van der Waals surface area contributed by atoms with Crippen molar-refractivity contribution in [2.24, 2.45) is 0 Å². The number of ether oxygens (including phenoxy) is 1. The SMILES string of the molecule is CC(Oc1ccc(O)cc1)C(=O)NC1CCN(C(=O)CCCCl)CC1. The summed E-state index contributed by atoms with van der Waals surface area (Å²) in [5.74, 6) is 1.13. The minimum atomic E-state index is -0.632. The largest absolute Gasteiger partial charge is 0.508 e. The van der Waals surface area contributed by atoms with Gasteiger partial charge in [-0.25, -0.2) is 0 Å². The molecule has 1 aromatic carbocycles. The first kappa shape index (κ1) is 19.4. The smallest absolute Gasteiger partial charge is 0.260 e. The zero-order chi connectivity index (χ0) is 18.2. The average molecular weight is 369 g/mol. The van der Waals surface area contributed by atoms with Crippen LogP contribution in [-0.2, 0) is 9.59 Å². The van der Waals surface area contributed by atoms with Crippen LogP contribution in [0, 0.1) is 0 Å². The molecule has 0 radical (unpaired) electrons. The Balaban J connectivity index is 1.74. The molecule has 0 spiro atoms. The first-order valence-corrected chi connectivity index (χ1v) is 9.13. The fourth-order valence-corrected chi connectivity index (χ4v) is 2.88. The molecule has 1 aliphatic heterocycles. The lowest BCUT2D eigenvalue weighted by Gasteiger charge is -2.33. The van der Waals surface area contributed by atoms with Gasteiger partial charge in [-0.3, -0.25) is 9.59 Å². The minimum Gasteiger partial charge on any atom is -0.508 e. The topological polar surface area (TPSA) is 78.9 Å². The highest BCUT2D eigenvalue weighted by atomic mass is 35.5. The molecule has 25 heavy (non-hydrogen) atoms. The summed E-state index contributed by atoms with van der Waals surface area (Å²) >= 11 is 5.62. The molecule has 138 valence electrons. The van der Waals surface area contributed by atoms with Crippen LogP contribution in [0.2, 0.25) is 0 Å². The number of piperidine rings is 1. The van der Waals surface area contributed by atoms with Crippen LogP contribution in [0.1, 0.15) is 32.6 Å². The van der Waals surface area contributed by atoms with Crippen LogP contribution in [-0.4, -0.2) is 52.9 Å². The van der Waals surface area contributed by atoms with E-state index in [1.807, 2.05) is 4.90 Å². The Labute approximate surface area is 153 Å². The molecule has 7 heteroatoms. The van der Waals surface area contributed by atoms with E-state index < -0.39 is 6.10 Å². The predicted molar refractivity (Wildman–Crippen MR) is 95.9 cm³/mol. The zero-order valence-electron chi connectivity index (χ0n) is 14.4. The molecule has 2 amide bonds. The van der Waals surface area contributed by atoms with Gasteiger partial charge in [0.1, 0.15) is 11.5 Å². The van der Waals surface area contributed by atoms with Crippen molar-refractivity contribution in [2.75, 3.05) is 19.0 Å². The van der Waals surface area contributed by atoms with E-state index >= 15 is 0 Å². The van der Waals surface area contributed by atoms with E-state index in [2.05, 4.69) is 5.32 Å². The number of amides is 2. The summed E-state index contributed by atoms with van der Waals surface area (Å²) < 4.78 is 5.58. The van der Waals surface area contributed by atoms with Gasteiger partial charge in [-0.1, -0.05) is 0 Å². The second-order valence-electron chi connectivity index (χ2n) is 6.21. The Morgan fingerprint density at radius 2 is 1.96 bits per heavy atom. The van der Waals surface area contributed by atoms with Crippen LogP contribution in [0.25, 0.3) is 0 Å². The van der Waals surface area contributed by atoms with Crippen LogP contribution in [0.4, 0.5) is 0 Å². The third-order valence-corrected chi connectivity index (χ3v) is 4.50. The standard InChI is InChI=1S/C18H25ClN2O4/c1-13(25-16-6-4-15(22)5-7-16)18(24)20-14-8-11-21(12-9-14)17(23)3-2-10-19/h4-7,13-14,22H,2-3,8-12H2,1H3,(H,20,24). The molecule has 2 N–H and O–H groups in total. The number of phenols is 1. The third kappa shape index (κ3) is 6.12. The maximum atomic E-state index is 12.3. The van der Waals surface area contributed by atoms with E-state index in [0.717, 1.165) is 12.8 Å². The van der Waals surface area contributed by atoms with Crippen molar-refractivity contribution in [3.63, 3.8) is 0 Å². The van der Waals surface area contributed by atoms with E-state index in [1.165, 1.54) is 12.1 Å². The van der Waals surface area contributed by atoms with Crippen LogP contribution >= 0.6 is 11.6 Å². The van der Waals surface area contributed by atoms with Crippen molar-refractivity contribution in [2.45, 2.75) is 44.8 Å². The summed E-state index contributed by atoms with van der Waals surface area (Å²) in [5, 5.41) is 12.2. The van der Waals surface area contributed by atoms with Gasteiger partial charge < -0.3 is 20.1 Å². The molecule has 0 bridgehead atoms. The van der Waals surface area contributed by atoms with Crippen LogP contribution in [0.15, 0.2) is 24.3 Å². The fraction of sp³-hybridized carbons (Fsp3) is 0.556. The van der Waals surface area contributed by atoms with Crippen LogP contribution < -0.4 is 10.1 Å². The number of hydrogen-bond donors (Lipinski definition) is 2. The molecule has 1 atom stereocenters. The van der Waals surface area contributed by atoms with Gasteiger partial charge in [-0.05, 0) is 50.5 Å². The maximum Gasteiger partial charge on any atom is 0.260 e. The van der Waals surface area contributed by atoms with Crippen molar-refractivity contribution in [1.29, 1.82) is 0 Å². The Hall–Kier alpha value is -1.95. The molecule has 1 saturated heterocycles. The molecule has 0 aliphatic carbocycles. The molecule has 0 saturated carbocycles. The van der Waals surface area contributed by atoms with Crippen LogP contribution in [0.3, 0.4) is 0 Å². The normalized spacial score (nSPS) is 16.3. The summed E-state index contributed by atoms with van der Waals surface area (Å²) in [7, 11) is 0. The molecule has 2 rings (SSSR count). The summed E-state index contributed by atoms with van der Waals surface area (Å²) in [6.45, 7) is 2.99. The van der Waals surface area contributed by atoms with Gasteiger partial charge in [0, 0.05) is 31.4 Å². The van der Waals surface area contributed by atoms with Gasteiger partial charge >= 0.3 is 0 Å². The number of aromatic hydroxyl groups is 1. The fourth-order valence-electron chi connectivity index (χ4n) is 2.75. The minimum absolute atomic E-state index is 0.0513. The Bertz CT molecular complexity index is 571. The van der Waals surface area contributed by atoms with Gasteiger partial charge in [0.15, 0.2) is 6.10 Å². The molecule has 6 nitrogen and oxygen atoms in total. The quantitative estimate of drug-likeness (QED) is 0.724. The Morgan fingerprint density at radius 1 is 1.32 bits per heavy atom. The summed E-state index contributed by atoms with van der Waals surface area (Å²) in [6, 6.07) is 6.30. The van der Waals surface area contributed by atoms with Crippen molar-refractivity contribution in [3.05, 3.63) is 24.3 Å². The maximum absolute atomic E-state index is 12.3. The predicted octanol–water partition coefficient (Wildman–Crippen LogP) is 2.29. The van der Waals surface area contributed by atoms with Crippen molar-refractivity contribution in [3.8, 4) is 11.5 Å². The number of alkyl halides is 1. The average Bonchev–Trinajstić information content (AvgIpc) is 2.62. The highest BCUT2D eigenvalue weighted by molar-refractivity contribution is 6.17. The lowest BCUT2D eigenvalue weighted by Crippen LogP contribution is -2.49. The number of hydrogen-bond acceptors (Lipinski definition) is 4. The molecule has 1 unspecified atom stereocenters. The molecule has 1 aromatic rings. The Morgan fingerprint density at radius 3 is 2.56 bits per heavy atom. The molecular weight excluding hydrogens is 344 g/mol. The van der Waals surface area contributed by atoms with E-state index in [4.69, 9.17) is 16.3 Å². The summed E-state index contributed by atoms with van der Waals surface area (Å²) in [5.41, 5.74) is 0. The number of phenolic OH excluding ortho intramolecular Hbond substituents is 1. The van der Waals surface area contributed by atoms with Gasteiger partial charge in [-0.15, -0.1) is 11.6 Å². The van der Waals surface area contributed by atoms with Crippen LogP contribution in [0.5, 0.6) is 11.5 Å². The second-order valence-corrected chi connectivity index (χ2v) is 6.59. The van der Waals surface area contributed by atoms with Crippen molar-refractivity contribution >= 4 is 23.4 Å². The highest BCUT2D eigenvalue weighted by Crippen LogP contribution is 2.18. The molecular formula is C18H25ClN2O4. The summed E-state index contributed by atoms with van der Waals surface area (Å²) in [6.07, 6.45) is 2.03. The lowest BCUT2D eigenvalue weighted by molar-refractivity contribution is -0.132. The first-order chi connectivity index (χ1) is 12.0. The van der Waals surface area contributed by atoms with Gasteiger partial charge in [-0.2, -0.15) is 0 Å². The van der Waals surface area contributed by atoms with E-state index in [9.17, 15) is 14.7 Å². The summed E-state index contributed by atoms with van der Waals surface area (Å²) in [4.78, 5) is 26.1. The molecule has 0 aromatic heterocycles. The zero-order valence-corrected chi connectivity index (χ0v) is 15.2. The lowest BCUT2D eigenvalue weighted by atomic mass is 10.0. The number of rotatable bonds is 7. The number of likely N-dealkylation sites (tertiary alicyclic amines) is 1.